The minimum Gasteiger partial charge on any atom is -0.505 e. The number of aromatic hydroxyl groups is 1. The van der Waals surface area contributed by atoms with Gasteiger partial charge < -0.3 is 10.8 Å². The first-order valence-electron chi connectivity index (χ1n) is 5.08. The molecule has 0 saturated carbocycles. The van der Waals surface area contributed by atoms with Gasteiger partial charge in [-0.25, -0.2) is 4.39 Å². The van der Waals surface area contributed by atoms with Crippen LogP contribution < -0.4 is 5.73 Å². The molecule has 0 spiro atoms. The minimum atomic E-state index is -0.680. The lowest BCUT2D eigenvalue weighted by Gasteiger charge is -2.15. The van der Waals surface area contributed by atoms with E-state index in [9.17, 15) is 9.50 Å². The SMILES string of the molecule is NC(c1ccccc1)c1cc(Br)cc(F)c1O. The monoisotopic (exact) mass is 295 g/mol. The summed E-state index contributed by atoms with van der Waals surface area (Å²) in [5.41, 5.74) is 7.19. The zero-order valence-electron chi connectivity index (χ0n) is 8.90. The van der Waals surface area contributed by atoms with Crippen molar-refractivity contribution in [3.8, 4) is 5.75 Å². The van der Waals surface area contributed by atoms with Gasteiger partial charge in [-0.1, -0.05) is 46.3 Å². The van der Waals surface area contributed by atoms with E-state index in [1.165, 1.54) is 6.07 Å². The molecule has 2 aromatic rings. The van der Waals surface area contributed by atoms with Gasteiger partial charge in [0.05, 0.1) is 6.04 Å². The molecule has 0 aliphatic rings. The Morgan fingerprint density at radius 3 is 2.47 bits per heavy atom. The first-order chi connectivity index (χ1) is 8.09. The van der Waals surface area contributed by atoms with E-state index < -0.39 is 17.6 Å². The lowest BCUT2D eigenvalue weighted by molar-refractivity contribution is 0.423. The van der Waals surface area contributed by atoms with E-state index in [4.69, 9.17) is 5.73 Å². The van der Waals surface area contributed by atoms with Gasteiger partial charge in [-0.2, -0.15) is 0 Å². The molecule has 3 N–H and O–H groups in total. The highest BCUT2D eigenvalue weighted by Crippen LogP contribution is 2.32. The Morgan fingerprint density at radius 2 is 1.82 bits per heavy atom. The predicted molar refractivity (Wildman–Crippen MR) is 68.2 cm³/mol. The van der Waals surface area contributed by atoms with Crippen molar-refractivity contribution < 1.29 is 9.50 Å². The summed E-state index contributed by atoms with van der Waals surface area (Å²) in [6, 6.07) is 11.5. The number of benzene rings is 2. The van der Waals surface area contributed by atoms with Crippen LogP contribution >= 0.6 is 15.9 Å². The first kappa shape index (κ1) is 12.1. The van der Waals surface area contributed by atoms with Crippen molar-refractivity contribution in [2.45, 2.75) is 6.04 Å². The van der Waals surface area contributed by atoms with Crippen molar-refractivity contribution in [1.29, 1.82) is 0 Å². The van der Waals surface area contributed by atoms with Gasteiger partial charge in [0, 0.05) is 10.0 Å². The van der Waals surface area contributed by atoms with Gasteiger partial charge in [0.15, 0.2) is 11.6 Å². The highest BCUT2D eigenvalue weighted by atomic mass is 79.9. The Morgan fingerprint density at radius 1 is 1.18 bits per heavy atom. The van der Waals surface area contributed by atoms with Crippen LogP contribution in [0.25, 0.3) is 0 Å². The molecule has 2 rings (SSSR count). The Hall–Kier alpha value is -1.39. The molecular weight excluding hydrogens is 285 g/mol. The van der Waals surface area contributed by atoms with Crippen molar-refractivity contribution in [3.63, 3.8) is 0 Å². The van der Waals surface area contributed by atoms with Crippen molar-refractivity contribution in [2.24, 2.45) is 5.73 Å². The number of hydrogen-bond acceptors (Lipinski definition) is 2. The molecular formula is C13H11BrFNO. The molecule has 0 saturated heterocycles. The van der Waals surface area contributed by atoms with Gasteiger partial charge in [-0.15, -0.1) is 0 Å². The smallest absolute Gasteiger partial charge is 0.166 e. The third kappa shape index (κ3) is 2.48. The zero-order valence-corrected chi connectivity index (χ0v) is 10.5. The van der Waals surface area contributed by atoms with Gasteiger partial charge in [-0.3, -0.25) is 0 Å². The van der Waals surface area contributed by atoms with Crippen molar-refractivity contribution in [3.05, 3.63) is 63.9 Å². The third-order valence-electron chi connectivity index (χ3n) is 2.55. The molecule has 0 aliphatic heterocycles. The molecule has 2 nitrogen and oxygen atoms in total. The quantitative estimate of drug-likeness (QED) is 0.892. The fourth-order valence-corrected chi connectivity index (χ4v) is 2.11. The van der Waals surface area contributed by atoms with Crippen LogP contribution in [-0.2, 0) is 0 Å². The molecule has 0 bridgehead atoms. The maximum atomic E-state index is 13.4. The van der Waals surface area contributed by atoms with Crippen molar-refractivity contribution in [2.75, 3.05) is 0 Å². The van der Waals surface area contributed by atoms with E-state index in [1.54, 1.807) is 6.07 Å². The summed E-state index contributed by atoms with van der Waals surface area (Å²) >= 11 is 3.18. The molecule has 88 valence electrons. The molecule has 0 radical (unpaired) electrons. The summed E-state index contributed by atoms with van der Waals surface area (Å²) in [5.74, 6) is -1.08. The van der Waals surface area contributed by atoms with E-state index in [0.717, 1.165) is 5.56 Å². The number of phenolic OH excluding ortho intramolecular Hbond substituents is 1. The molecule has 0 aromatic heterocycles. The van der Waals surface area contributed by atoms with E-state index in [0.29, 0.717) is 10.0 Å². The van der Waals surface area contributed by atoms with E-state index in [1.807, 2.05) is 30.3 Å². The number of halogens is 2. The fraction of sp³-hybridized carbons (Fsp3) is 0.0769. The molecule has 17 heavy (non-hydrogen) atoms. The molecule has 0 amide bonds. The number of phenols is 1. The third-order valence-corrected chi connectivity index (χ3v) is 3.01. The van der Waals surface area contributed by atoms with Gasteiger partial charge in [0.2, 0.25) is 0 Å². The Bertz CT molecular complexity index is 530. The van der Waals surface area contributed by atoms with Crippen LogP contribution in [0, 0.1) is 5.82 Å². The van der Waals surface area contributed by atoms with E-state index in [2.05, 4.69) is 15.9 Å². The second-order valence-corrected chi connectivity index (χ2v) is 4.63. The predicted octanol–water partition coefficient (Wildman–Crippen LogP) is 3.34. The molecule has 0 aliphatic carbocycles. The summed E-state index contributed by atoms with van der Waals surface area (Å²) in [6.45, 7) is 0. The van der Waals surface area contributed by atoms with Gasteiger partial charge in [-0.05, 0) is 17.7 Å². The van der Waals surface area contributed by atoms with Crippen LogP contribution in [0.2, 0.25) is 0 Å². The standard InChI is InChI=1S/C13H11BrFNO/c14-9-6-10(13(17)11(15)7-9)12(16)8-4-2-1-3-5-8/h1-7,12,17H,16H2. The van der Waals surface area contributed by atoms with Crippen LogP contribution in [0.3, 0.4) is 0 Å². The molecule has 4 heteroatoms. The second-order valence-electron chi connectivity index (χ2n) is 3.71. The number of hydrogen-bond donors (Lipinski definition) is 2. The van der Waals surface area contributed by atoms with E-state index >= 15 is 0 Å². The minimum absolute atomic E-state index is 0.364. The topological polar surface area (TPSA) is 46.2 Å². The number of nitrogens with two attached hydrogens (primary N) is 1. The van der Waals surface area contributed by atoms with Gasteiger partial charge in [0.1, 0.15) is 0 Å². The highest BCUT2D eigenvalue weighted by molar-refractivity contribution is 9.10. The van der Waals surface area contributed by atoms with Crippen LogP contribution in [0.1, 0.15) is 17.2 Å². The lowest BCUT2D eigenvalue weighted by Crippen LogP contribution is -2.12. The summed E-state index contributed by atoms with van der Waals surface area (Å²) < 4.78 is 13.9. The molecule has 2 aromatic carbocycles. The summed E-state index contributed by atoms with van der Waals surface area (Å²) in [6.07, 6.45) is 0. The average Bonchev–Trinajstić information content (AvgIpc) is 2.34. The maximum Gasteiger partial charge on any atom is 0.166 e. The second kappa shape index (κ2) is 4.85. The summed E-state index contributed by atoms with van der Waals surface area (Å²) in [5, 5.41) is 9.68. The van der Waals surface area contributed by atoms with Gasteiger partial charge in [0.25, 0.3) is 0 Å². The Kier molecular flexibility index (Phi) is 3.45. The van der Waals surface area contributed by atoms with Gasteiger partial charge >= 0.3 is 0 Å². The summed E-state index contributed by atoms with van der Waals surface area (Å²) in [4.78, 5) is 0. The summed E-state index contributed by atoms with van der Waals surface area (Å²) in [7, 11) is 0. The van der Waals surface area contributed by atoms with Crippen molar-refractivity contribution >= 4 is 15.9 Å². The van der Waals surface area contributed by atoms with Crippen LogP contribution in [0.5, 0.6) is 5.75 Å². The highest BCUT2D eigenvalue weighted by Gasteiger charge is 2.16. The number of rotatable bonds is 2. The fourth-order valence-electron chi connectivity index (χ4n) is 1.66. The van der Waals surface area contributed by atoms with Crippen LogP contribution in [0.4, 0.5) is 4.39 Å². The zero-order chi connectivity index (χ0) is 12.4. The normalized spacial score (nSPS) is 12.4. The maximum absolute atomic E-state index is 13.4. The van der Waals surface area contributed by atoms with Crippen LogP contribution in [-0.4, -0.2) is 5.11 Å². The molecule has 1 unspecified atom stereocenters. The molecule has 0 fully saturated rings. The van der Waals surface area contributed by atoms with Crippen molar-refractivity contribution in [1.82, 2.24) is 0 Å². The van der Waals surface area contributed by atoms with E-state index in [-0.39, 0.29) is 0 Å². The molecule has 1 atom stereocenters. The Balaban J connectivity index is 2.48. The first-order valence-corrected chi connectivity index (χ1v) is 5.87. The molecule has 0 heterocycles. The Labute approximate surface area is 107 Å². The largest absolute Gasteiger partial charge is 0.505 e. The van der Waals surface area contributed by atoms with Crippen LogP contribution in [0.15, 0.2) is 46.9 Å². The average molecular weight is 296 g/mol. The lowest BCUT2D eigenvalue weighted by atomic mass is 9.99.